The van der Waals surface area contributed by atoms with Crippen molar-refractivity contribution in [1.29, 1.82) is 0 Å². The fourth-order valence-corrected chi connectivity index (χ4v) is 1.98. The quantitative estimate of drug-likeness (QED) is 0.674. The van der Waals surface area contributed by atoms with E-state index in [1.807, 2.05) is 0 Å². The average molecular weight is 234 g/mol. The van der Waals surface area contributed by atoms with E-state index in [4.69, 9.17) is 0 Å². The first kappa shape index (κ1) is 14.0. The summed E-state index contributed by atoms with van der Waals surface area (Å²) in [4.78, 5) is 0. The number of para-hydroxylation sites is 1. The highest BCUT2D eigenvalue weighted by atomic mass is 14.9. The van der Waals surface area contributed by atoms with Crippen molar-refractivity contribution in [2.24, 2.45) is 0 Å². The number of anilines is 1. The van der Waals surface area contributed by atoms with E-state index in [-0.39, 0.29) is 0 Å². The van der Waals surface area contributed by atoms with Gasteiger partial charge in [-0.1, -0.05) is 38.5 Å². The molecule has 0 saturated heterocycles. The van der Waals surface area contributed by atoms with Crippen molar-refractivity contribution < 1.29 is 0 Å². The van der Waals surface area contributed by atoms with Crippen LogP contribution >= 0.6 is 0 Å². The van der Waals surface area contributed by atoms with Crippen LogP contribution in [0.5, 0.6) is 0 Å². The Kier molecular flexibility index (Phi) is 6.71. The largest absolute Gasteiger partial charge is 0.383 e. The van der Waals surface area contributed by atoms with Crippen LogP contribution in [-0.2, 0) is 6.42 Å². The van der Waals surface area contributed by atoms with Crippen molar-refractivity contribution in [2.45, 2.75) is 40.0 Å². The molecule has 96 valence electrons. The minimum absolute atomic E-state index is 1.00. The minimum atomic E-state index is 1.00. The Labute approximate surface area is 106 Å². The summed E-state index contributed by atoms with van der Waals surface area (Å²) in [5, 5.41) is 7.00. The van der Waals surface area contributed by atoms with E-state index in [1.54, 1.807) is 0 Å². The Hall–Kier alpha value is -1.02. The van der Waals surface area contributed by atoms with Crippen LogP contribution in [0.15, 0.2) is 18.2 Å². The second-order valence-electron chi connectivity index (χ2n) is 4.49. The molecule has 2 nitrogen and oxygen atoms in total. The Balaban J connectivity index is 2.35. The molecule has 0 saturated carbocycles. The molecule has 17 heavy (non-hydrogen) atoms. The first-order valence-electron chi connectivity index (χ1n) is 6.82. The summed E-state index contributed by atoms with van der Waals surface area (Å²) in [7, 11) is 0. The van der Waals surface area contributed by atoms with Gasteiger partial charge in [-0.2, -0.15) is 0 Å². The molecular formula is C15H26N2. The molecule has 2 heteroatoms. The number of benzene rings is 1. The van der Waals surface area contributed by atoms with Crippen LogP contribution in [0.25, 0.3) is 0 Å². The summed E-state index contributed by atoms with van der Waals surface area (Å²) >= 11 is 0. The third-order valence-electron chi connectivity index (χ3n) is 3.05. The normalized spacial score (nSPS) is 10.5. The molecular weight excluding hydrogens is 208 g/mol. The van der Waals surface area contributed by atoms with Gasteiger partial charge in [-0.3, -0.25) is 0 Å². The molecule has 0 spiro atoms. The predicted molar refractivity (Wildman–Crippen MR) is 76.8 cm³/mol. The van der Waals surface area contributed by atoms with Gasteiger partial charge >= 0.3 is 0 Å². The summed E-state index contributed by atoms with van der Waals surface area (Å²) < 4.78 is 0. The molecule has 0 aliphatic carbocycles. The van der Waals surface area contributed by atoms with Gasteiger partial charge in [0.1, 0.15) is 0 Å². The second kappa shape index (κ2) is 8.13. The maximum Gasteiger partial charge on any atom is 0.0402 e. The fourth-order valence-electron chi connectivity index (χ4n) is 1.98. The maximum atomic E-state index is 3.55. The molecule has 1 aromatic carbocycles. The van der Waals surface area contributed by atoms with Gasteiger partial charge in [0.15, 0.2) is 0 Å². The SMILES string of the molecule is CCCCNCCNc1c(C)cccc1CC. The van der Waals surface area contributed by atoms with Gasteiger partial charge in [0.05, 0.1) is 0 Å². The summed E-state index contributed by atoms with van der Waals surface area (Å²) in [5.74, 6) is 0. The fraction of sp³-hybridized carbons (Fsp3) is 0.600. The van der Waals surface area contributed by atoms with E-state index in [0.29, 0.717) is 0 Å². The van der Waals surface area contributed by atoms with Gasteiger partial charge in [-0.05, 0) is 37.4 Å². The van der Waals surface area contributed by atoms with E-state index in [2.05, 4.69) is 49.6 Å². The lowest BCUT2D eigenvalue weighted by molar-refractivity contribution is 0.652. The Morgan fingerprint density at radius 2 is 1.88 bits per heavy atom. The van der Waals surface area contributed by atoms with E-state index in [0.717, 1.165) is 26.1 Å². The van der Waals surface area contributed by atoms with E-state index >= 15 is 0 Å². The predicted octanol–water partition coefficient (Wildman–Crippen LogP) is 3.36. The average Bonchev–Trinajstić information content (AvgIpc) is 2.35. The van der Waals surface area contributed by atoms with Crippen molar-refractivity contribution in [2.75, 3.05) is 25.0 Å². The van der Waals surface area contributed by atoms with Crippen LogP contribution in [0.3, 0.4) is 0 Å². The zero-order valence-corrected chi connectivity index (χ0v) is 11.5. The van der Waals surface area contributed by atoms with Crippen molar-refractivity contribution in [1.82, 2.24) is 5.32 Å². The third kappa shape index (κ3) is 4.78. The molecule has 0 bridgehead atoms. The van der Waals surface area contributed by atoms with Gasteiger partial charge in [0.25, 0.3) is 0 Å². The van der Waals surface area contributed by atoms with Crippen LogP contribution in [0.4, 0.5) is 5.69 Å². The van der Waals surface area contributed by atoms with Crippen LogP contribution in [-0.4, -0.2) is 19.6 Å². The zero-order valence-electron chi connectivity index (χ0n) is 11.5. The molecule has 2 N–H and O–H groups in total. The molecule has 0 heterocycles. The highest BCUT2D eigenvalue weighted by Crippen LogP contribution is 2.20. The lowest BCUT2D eigenvalue weighted by Crippen LogP contribution is -2.23. The Bertz CT molecular complexity index is 321. The van der Waals surface area contributed by atoms with Gasteiger partial charge in [-0.15, -0.1) is 0 Å². The highest BCUT2D eigenvalue weighted by molar-refractivity contribution is 5.57. The number of hydrogen-bond donors (Lipinski definition) is 2. The molecule has 0 fully saturated rings. The second-order valence-corrected chi connectivity index (χ2v) is 4.49. The van der Waals surface area contributed by atoms with E-state index in [1.165, 1.54) is 29.7 Å². The minimum Gasteiger partial charge on any atom is -0.383 e. The molecule has 0 amide bonds. The molecule has 0 aromatic heterocycles. The molecule has 0 unspecified atom stereocenters. The van der Waals surface area contributed by atoms with Gasteiger partial charge in [0, 0.05) is 18.8 Å². The lowest BCUT2D eigenvalue weighted by Gasteiger charge is -2.14. The van der Waals surface area contributed by atoms with Crippen LogP contribution in [0.1, 0.15) is 37.8 Å². The van der Waals surface area contributed by atoms with E-state index in [9.17, 15) is 0 Å². The van der Waals surface area contributed by atoms with Gasteiger partial charge in [-0.25, -0.2) is 0 Å². The van der Waals surface area contributed by atoms with Crippen molar-refractivity contribution in [3.05, 3.63) is 29.3 Å². The molecule has 0 aliphatic heterocycles. The van der Waals surface area contributed by atoms with Gasteiger partial charge in [0.2, 0.25) is 0 Å². The van der Waals surface area contributed by atoms with Crippen molar-refractivity contribution in [3.63, 3.8) is 0 Å². The molecule has 0 radical (unpaired) electrons. The summed E-state index contributed by atoms with van der Waals surface area (Å²) in [6.45, 7) is 9.78. The first-order chi connectivity index (χ1) is 8.29. The number of nitrogens with one attached hydrogen (secondary N) is 2. The van der Waals surface area contributed by atoms with Gasteiger partial charge < -0.3 is 10.6 Å². The standard InChI is InChI=1S/C15H26N2/c1-4-6-10-16-11-12-17-15-13(3)8-7-9-14(15)5-2/h7-9,16-17H,4-6,10-12H2,1-3H3. The monoisotopic (exact) mass is 234 g/mol. The molecule has 1 rings (SSSR count). The highest BCUT2D eigenvalue weighted by Gasteiger charge is 2.02. The number of aryl methyl sites for hydroxylation is 2. The lowest BCUT2D eigenvalue weighted by atomic mass is 10.1. The van der Waals surface area contributed by atoms with Crippen LogP contribution in [0.2, 0.25) is 0 Å². The topological polar surface area (TPSA) is 24.1 Å². The van der Waals surface area contributed by atoms with Crippen molar-refractivity contribution in [3.8, 4) is 0 Å². The number of hydrogen-bond acceptors (Lipinski definition) is 2. The molecule has 0 atom stereocenters. The number of rotatable bonds is 8. The summed E-state index contributed by atoms with van der Waals surface area (Å²) in [6, 6.07) is 6.52. The van der Waals surface area contributed by atoms with E-state index < -0.39 is 0 Å². The third-order valence-corrected chi connectivity index (χ3v) is 3.05. The maximum absolute atomic E-state index is 3.55. The summed E-state index contributed by atoms with van der Waals surface area (Å²) in [5.41, 5.74) is 4.09. The smallest absolute Gasteiger partial charge is 0.0402 e. The van der Waals surface area contributed by atoms with Crippen LogP contribution < -0.4 is 10.6 Å². The Morgan fingerprint density at radius 3 is 2.59 bits per heavy atom. The van der Waals surface area contributed by atoms with Crippen molar-refractivity contribution >= 4 is 5.69 Å². The molecule has 1 aromatic rings. The molecule has 0 aliphatic rings. The van der Waals surface area contributed by atoms with Crippen LogP contribution in [0, 0.1) is 6.92 Å². The summed E-state index contributed by atoms with van der Waals surface area (Å²) in [6.07, 6.45) is 3.62. The number of unbranched alkanes of at least 4 members (excludes halogenated alkanes) is 1. The first-order valence-corrected chi connectivity index (χ1v) is 6.82. The zero-order chi connectivity index (χ0) is 12.5. The Morgan fingerprint density at radius 1 is 1.06 bits per heavy atom.